The second-order valence-electron chi connectivity index (χ2n) is 4.56. The van der Waals surface area contributed by atoms with Crippen LogP contribution in [0.4, 0.5) is 0 Å². The summed E-state index contributed by atoms with van der Waals surface area (Å²) in [6.07, 6.45) is 2.40. The molecular formula is C15H11NO2S2. The van der Waals surface area contributed by atoms with Gasteiger partial charge < -0.3 is 5.32 Å². The first-order valence-corrected chi connectivity index (χ1v) is 7.46. The molecular weight excluding hydrogens is 290 g/mol. The second kappa shape index (κ2) is 5.26. The lowest BCUT2D eigenvalue weighted by atomic mass is 10.0. The zero-order valence-electron chi connectivity index (χ0n) is 10.5. The third kappa shape index (κ3) is 2.42. The number of nitrogens with one attached hydrogen (secondary N) is 1. The number of fused-ring (bicyclic) bond motifs is 1. The lowest BCUT2D eigenvalue weighted by Crippen LogP contribution is -2.39. The molecule has 100 valence electrons. The summed E-state index contributed by atoms with van der Waals surface area (Å²) in [6, 6.07) is 8.11. The van der Waals surface area contributed by atoms with Crippen molar-refractivity contribution in [3.63, 3.8) is 0 Å². The standard InChI is InChI=1S/C15H11NO2S2/c17-12-7-14(19)16-15(18)11(12)6-5-9-8-20-13-4-2-1-3-10(9)13/h1-4,6,8H,5,7H2,(H,16,18,19)/b11-6+. The van der Waals surface area contributed by atoms with Crippen LogP contribution in [0.25, 0.3) is 10.1 Å². The number of ketones is 1. The summed E-state index contributed by atoms with van der Waals surface area (Å²) in [4.78, 5) is 23.9. The van der Waals surface area contributed by atoms with Crippen LogP contribution in [-0.4, -0.2) is 16.7 Å². The van der Waals surface area contributed by atoms with E-state index < -0.39 is 0 Å². The third-order valence-corrected chi connectivity index (χ3v) is 4.47. The first-order valence-electron chi connectivity index (χ1n) is 6.18. The van der Waals surface area contributed by atoms with E-state index in [1.807, 2.05) is 12.1 Å². The molecule has 1 saturated heterocycles. The second-order valence-corrected chi connectivity index (χ2v) is 5.96. The number of Topliss-reactive ketones (excluding diaryl/α,β-unsaturated/α-hetero) is 1. The van der Waals surface area contributed by atoms with E-state index in [1.54, 1.807) is 17.4 Å². The number of allylic oxidation sites excluding steroid dienone is 1. The fourth-order valence-corrected chi connectivity index (χ4v) is 3.41. The van der Waals surface area contributed by atoms with Crippen molar-refractivity contribution in [3.8, 4) is 0 Å². The zero-order valence-corrected chi connectivity index (χ0v) is 12.1. The van der Waals surface area contributed by atoms with Gasteiger partial charge in [-0.05, 0) is 28.8 Å². The first kappa shape index (κ1) is 13.1. The Labute approximate surface area is 125 Å². The van der Waals surface area contributed by atoms with Crippen LogP contribution in [-0.2, 0) is 16.0 Å². The largest absolute Gasteiger partial charge is 0.316 e. The minimum Gasteiger partial charge on any atom is -0.316 e. The van der Waals surface area contributed by atoms with Crippen LogP contribution in [0.3, 0.4) is 0 Å². The van der Waals surface area contributed by atoms with Crippen LogP contribution in [0.15, 0.2) is 41.3 Å². The van der Waals surface area contributed by atoms with E-state index in [4.69, 9.17) is 12.2 Å². The van der Waals surface area contributed by atoms with E-state index >= 15 is 0 Å². The third-order valence-electron chi connectivity index (χ3n) is 3.21. The zero-order chi connectivity index (χ0) is 14.1. The number of carbonyl (C=O) groups is 2. The Morgan fingerprint density at radius 2 is 2.10 bits per heavy atom. The van der Waals surface area contributed by atoms with Gasteiger partial charge in [-0.25, -0.2) is 0 Å². The fourth-order valence-electron chi connectivity index (χ4n) is 2.22. The molecule has 3 rings (SSSR count). The van der Waals surface area contributed by atoms with Gasteiger partial charge in [0.1, 0.15) is 0 Å². The van der Waals surface area contributed by atoms with Crippen molar-refractivity contribution in [2.45, 2.75) is 12.8 Å². The highest BCUT2D eigenvalue weighted by Crippen LogP contribution is 2.26. The van der Waals surface area contributed by atoms with Crippen LogP contribution in [0.5, 0.6) is 0 Å². The molecule has 1 aliphatic rings. The fraction of sp³-hybridized carbons (Fsp3) is 0.133. The highest BCUT2D eigenvalue weighted by molar-refractivity contribution is 7.80. The number of rotatable bonds is 2. The maximum Gasteiger partial charge on any atom is 0.259 e. The molecule has 5 heteroatoms. The molecule has 3 nitrogen and oxygen atoms in total. The lowest BCUT2D eigenvalue weighted by molar-refractivity contribution is -0.122. The predicted molar refractivity (Wildman–Crippen MR) is 84.0 cm³/mol. The van der Waals surface area contributed by atoms with Crippen LogP contribution < -0.4 is 5.32 Å². The average Bonchev–Trinajstić information content (AvgIpc) is 2.81. The Kier molecular flexibility index (Phi) is 3.46. The van der Waals surface area contributed by atoms with E-state index in [1.165, 1.54) is 10.1 Å². The van der Waals surface area contributed by atoms with Crippen molar-refractivity contribution < 1.29 is 9.59 Å². The topological polar surface area (TPSA) is 46.2 Å². The molecule has 1 aromatic carbocycles. The molecule has 0 saturated carbocycles. The van der Waals surface area contributed by atoms with Gasteiger partial charge in [-0.3, -0.25) is 9.59 Å². The molecule has 1 aliphatic heterocycles. The molecule has 1 amide bonds. The molecule has 0 atom stereocenters. The molecule has 1 N–H and O–H groups in total. The number of hydrogen-bond donors (Lipinski definition) is 1. The van der Waals surface area contributed by atoms with Crippen LogP contribution in [0.2, 0.25) is 0 Å². The maximum absolute atomic E-state index is 11.8. The molecule has 2 heterocycles. The number of thiophene rings is 1. The summed E-state index contributed by atoms with van der Waals surface area (Å²) in [5.74, 6) is -0.580. The van der Waals surface area contributed by atoms with Crippen molar-refractivity contribution in [2.75, 3.05) is 0 Å². The lowest BCUT2D eigenvalue weighted by Gasteiger charge is -2.14. The Morgan fingerprint density at radius 1 is 1.30 bits per heavy atom. The minimum absolute atomic E-state index is 0.122. The molecule has 20 heavy (non-hydrogen) atoms. The summed E-state index contributed by atoms with van der Waals surface area (Å²) in [5, 5.41) is 5.77. The van der Waals surface area contributed by atoms with E-state index in [0.29, 0.717) is 11.4 Å². The summed E-state index contributed by atoms with van der Waals surface area (Å²) in [7, 11) is 0. The Morgan fingerprint density at radius 3 is 2.90 bits per heavy atom. The maximum atomic E-state index is 11.8. The van der Waals surface area contributed by atoms with Gasteiger partial charge in [0.2, 0.25) is 0 Å². The Hall–Kier alpha value is -1.85. The van der Waals surface area contributed by atoms with Gasteiger partial charge in [0.15, 0.2) is 5.78 Å². The van der Waals surface area contributed by atoms with Crippen molar-refractivity contribution in [1.82, 2.24) is 5.32 Å². The average molecular weight is 301 g/mol. The van der Waals surface area contributed by atoms with E-state index in [2.05, 4.69) is 22.8 Å². The number of hydrogen-bond acceptors (Lipinski definition) is 4. The normalized spacial score (nSPS) is 17.8. The summed E-state index contributed by atoms with van der Waals surface area (Å²) >= 11 is 6.53. The van der Waals surface area contributed by atoms with Gasteiger partial charge in [0.05, 0.1) is 17.0 Å². The van der Waals surface area contributed by atoms with E-state index in [0.717, 1.165) is 5.56 Å². The number of benzene rings is 1. The van der Waals surface area contributed by atoms with Crippen molar-refractivity contribution >= 4 is 50.3 Å². The number of thiocarbonyl (C=S) groups is 1. The van der Waals surface area contributed by atoms with Gasteiger partial charge >= 0.3 is 0 Å². The highest BCUT2D eigenvalue weighted by atomic mass is 32.1. The number of piperidine rings is 1. The van der Waals surface area contributed by atoms with E-state index in [9.17, 15) is 9.59 Å². The van der Waals surface area contributed by atoms with Gasteiger partial charge in [0, 0.05) is 4.70 Å². The van der Waals surface area contributed by atoms with Gasteiger partial charge in [0.25, 0.3) is 5.91 Å². The van der Waals surface area contributed by atoms with Gasteiger partial charge in [-0.2, -0.15) is 0 Å². The summed E-state index contributed by atoms with van der Waals surface area (Å²) in [5.41, 5.74) is 1.35. The smallest absolute Gasteiger partial charge is 0.259 e. The molecule has 0 unspecified atom stereocenters. The quantitative estimate of drug-likeness (QED) is 0.527. The highest BCUT2D eigenvalue weighted by Gasteiger charge is 2.25. The van der Waals surface area contributed by atoms with E-state index in [-0.39, 0.29) is 23.7 Å². The number of amides is 1. The first-order chi connectivity index (χ1) is 9.65. The summed E-state index contributed by atoms with van der Waals surface area (Å²) < 4.78 is 1.21. The minimum atomic E-state index is -0.384. The van der Waals surface area contributed by atoms with Crippen LogP contribution >= 0.6 is 23.6 Å². The van der Waals surface area contributed by atoms with Gasteiger partial charge in [-0.1, -0.05) is 36.5 Å². The summed E-state index contributed by atoms with van der Waals surface area (Å²) in [6.45, 7) is 0. The SMILES string of the molecule is O=C1CC(=S)NC(=O)/C1=C/Cc1csc2ccccc12. The molecule has 1 fully saturated rings. The van der Waals surface area contributed by atoms with Gasteiger partial charge in [-0.15, -0.1) is 11.3 Å². The molecule has 0 bridgehead atoms. The van der Waals surface area contributed by atoms with Crippen LogP contribution in [0.1, 0.15) is 12.0 Å². The molecule has 1 aromatic heterocycles. The van der Waals surface area contributed by atoms with Crippen molar-refractivity contribution in [1.29, 1.82) is 0 Å². The monoisotopic (exact) mass is 301 g/mol. The predicted octanol–water partition coefficient (Wildman–Crippen LogP) is 2.79. The van der Waals surface area contributed by atoms with Crippen molar-refractivity contribution in [2.24, 2.45) is 0 Å². The molecule has 0 radical (unpaired) electrons. The molecule has 2 aromatic rings. The number of carbonyl (C=O) groups excluding carboxylic acids is 2. The Balaban J connectivity index is 1.88. The van der Waals surface area contributed by atoms with Crippen LogP contribution in [0, 0.1) is 0 Å². The molecule has 0 aliphatic carbocycles. The Bertz CT molecular complexity index is 736. The molecule has 0 spiro atoms. The van der Waals surface area contributed by atoms with Crippen molar-refractivity contribution in [3.05, 3.63) is 46.9 Å².